The van der Waals surface area contributed by atoms with Crippen LogP contribution in [-0.4, -0.2) is 19.0 Å². The standard InChI is InChI=1S/C24H24N2O3S2/c1-18(12-13-19-8-4-2-5-9-19)25-31(28,29)21-14-15-22-23(16-21)30-24(27)26(22)17-20-10-6-3-7-11-20/h2-11,14-16,18,25H,12-13,17H2,1H3/t18-/m0/s1. The Hall–Kier alpha value is -2.74. The largest absolute Gasteiger partial charge is 0.308 e. The molecule has 3 aromatic carbocycles. The van der Waals surface area contributed by atoms with Crippen LogP contribution in [0.5, 0.6) is 0 Å². The highest BCUT2D eigenvalue weighted by Gasteiger charge is 2.19. The summed E-state index contributed by atoms with van der Waals surface area (Å²) in [6, 6.07) is 24.4. The highest BCUT2D eigenvalue weighted by atomic mass is 32.2. The van der Waals surface area contributed by atoms with Crippen molar-refractivity contribution >= 4 is 31.6 Å². The fraction of sp³-hybridized carbons (Fsp3) is 0.208. The van der Waals surface area contributed by atoms with Gasteiger partial charge in [0.2, 0.25) is 10.0 Å². The molecule has 0 saturated carbocycles. The number of fused-ring (bicyclic) bond motifs is 1. The van der Waals surface area contributed by atoms with E-state index in [9.17, 15) is 13.2 Å². The summed E-state index contributed by atoms with van der Waals surface area (Å²) in [5.74, 6) is 0. The molecule has 4 aromatic rings. The van der Waals surface area contributed by atoms with Crippen LogP contribution < -0.4 is 9.60 Å². The lowest BCUT2D eigenvalue weighted by atomic mass is 10.1. The first-order valence-corrected chi connectivity index (χ1v) is 12.5. The molecule has 0 bridgehead atoms. The van der Waals surface area contributed by atoms with Crippen molar-refractivity contribution in [3.8, 4) is 0 Å². The number of aromatic nitrogens is 1. The van der Waals surface area contributed by atoms with Gasteiger partial charge in [-0.25, -0.2) is 13.1 Å². The maximum absolute atomic E-state index is 12.9. The number of thiazole rings is 1. The summed E-state index contributed by atoms with van der Waals surface area (Å²) in [4.78, 5) is 12.6. The lowest BCUT2D eigenvalue weighted by Crippen LogP contribution is -2.32. The fourth-order valence-corrected chi connectivity index (χ4v) is 5.86. The lowest BCUT2D eigenvalue weighted by Gasteiger charge is -2.14. The zero-order valence-corrected chi connectivity index (χ0v) is 18.8. The summed E-state index contributed by atoms with van der Waals surface area (Å²) < 4.78 is 30.9. The summed E-state index contributed by atoms with van der Waals surface area (Å²) in [5, 5.41) is 0. The molecule has 0 aliphatic carbocycles. The monoisotopic (exact) mass is 452 g/mol. The Morgan fingerprint density at radius 2 is 1.58 bits per heavy atom. The maximum Gasteiger partial charge on any atom is 0.308 e. The van der Waals surface area contributed by atoms with Crippen molar-refractivity contribution in [2.24, 2.45) is 0 Å². The van der Waals surface area contributed by atoms with Crippen molar-refractivity contribution in [3.05, 3.63) is 99.7 Å². The van der Waals surface area contributed by atoms with E-state index < -0.39 is 10.0 Å². The number of benzene rings is 3. The third-order valence-electron chi connectivity index (χ3n) is 5.20. The van der Waals surface area contributed by atoms with Crippen LogP contribution in [-0.2, 0) is 23.0 Å². The summed E-state index contributed by atoms with van der Waals surface area (Å²) in [7, 11) is -3.67. The first kappa shape index (κ1) is 21.5. The topological polar surface area (TPSA) is 68.2 Å². The Morgan fingerprint density at radius 1 is 0.935 bits per heavy atom. The third kappa shape index (κ3) is 5.12. The van der Waals surface area contributed by atoms with Gasteiger partial charge >= 0.3 is 4.87 Å². The van der Waals surface area contributed by atoms with Gasteiger partial charge in [0, 0.05) is 6.04 Å². The lowest BCUT2D eigenvalue weighted by molar-refractivity contribution is 0.547. The van der Waals surface area contributed by atoms with Gasteiger partial charge in [0.05, 0.1) is 21.7 Å². The molecule has 0 aliphatic rings. The zero-order valence-electron chi connectivity index (χ0n) is 17.2. The van der Waals surface area contributed by atoms with E-state index in [0.29, 0.717) is 17.7 Å². The molecule has 0 unspecified atom stereocenters. The van der Waals surface area contributed by atoms with Crippen LogP contribution in [0.2, 0.25) is 0 Å². The maximum atomic E-state index is 12.9. The highest BCUT2D eigenvalue weighted by molar-refractivity contribution is 7.89. The van der Waals surface area contributed by atoms with Crippen molar-refractivity contribution in [2.45, 2.75) is 37.2 Å². The molecule has 0 radical (unpaired) electrons. The SMILES string of the molecule is C[C@@H](CCc1ccccc1)NS(=O)(=O)c1ccc2c(c1)sc(=O)n2Cc1ccccc1. The summed E-state index contributed by atoms with van der Waals surface area (Å²) in [6.45, 7) is 2.33. The van der Waals surface area contributed by atoms with Gasteiger partial charge in [0.25, 0.3) is 0 Å². The fourth-order valence-electron chi connectivity index (χ4n) is 3.55. The van der Waals surface area contributed by atoms with Gasteiger partial charge in [-0.2, -0.15) is 0 Å². The molecule has 160 valence electrons. The van der Waals surface area contributed by atoms with Crippen molar-refractivity contribution in [1.82, 2.24) is 9.29 Å². The average Bonchev–Trinajstić information content (AvgIpc) is 3.08. The van der Waals surface area contributed by atoms with Gasteiger partial charge in [-0.1, -0.05) is 72.0 Å². The van der Waals surface area contributed by atoms with E-state index >= 15 is 0 Å². The summed E-state index contributed by atoms with van der Waals surface area (Å²) in [6.07, 6.45) is 1.50. The molecule has 5 nitrogen and oxygen atoms in total. The van der Waals surface area contributed by atoms with E-state index in [1.54, 1.807) is 22.8 Å². The second-order valence-electron chi connectivity index (χ2n) is 7.62. The first-order chi connectivity index (χ1) is 14.9. The minimum Gasteiger partial charge on any atom is -0.294 e. The number of hydrogen-bond acceptors (Lipinski definition) is 4. The van der Waals surface area contributed by atoms with Crippen molar-refractivity contribution in [2.75, 3.05) is 0 Å². The molecule has 1 atom stereocenters. The van der Waals surface area contributed by atoms with Crippen LogP contribution in [0.3, 0.4) is 0 Å². The van der Waals surface area contributed by atoms with Crippen LogP contribution >= 0.6 is 11.3 Å². The number of hydrogen-bond donors (Lipinski definition) is 1. The van der Waals surface area contributed by atoms with E-state index in [1.807, 2.05) is 67.6 Å². The predicted molar refractivity (Wildman–Crippen MR) is 126 cm³/mol. The van der Waals surface area contributed by atoms with Crippen LogP contribution in [0, 0.1) is 0 Å². The van der Waals surface area contributed by atoms with E-state index in [-0.39, 0.29) is 15.8 Å². The van der Waals surface area contributed by atoms with Gasteiger partial charge in [-0.3, -0.25) is 9.36 Å². The Balaban J connectivity index is 1.51. The van der Waals surface area contributed by atoms with Crippen molar-refractivity contribution in [3.63, 3.8) is 0 Å². The molecule has 1 aromatic heterocycles. The quantitative estimate of drug-likeness (QED) is 0.431. The smallest absolute Gasteiger partial charge is 0.294 e. The average molecular weight is 453 g/mol. The molecule has 1 N–H and O–H groups in total. The second kappa shape index (κ2) is 9.18. The molecule has 1 heterocycles. The van der Waals surface area contributed by atoms with Crippen LogP contribution in [0.4, 0.5) is 0 Å². The number of nitrogens with zero attached hydrogens (tertiary/aromatic N) is 1. The normalized spacial score (nSPS) is 12.8. The summed E-state index contributed by atoms with van der Waals surface area (Å²) in [5.41, 5.74) is 2.95. The molecular formula is C24H24N2O3S2. The van der Waals surface area contributed by atoms with Gasteiger partial charge in [0.1, 0.15) is 0 Å². The van der Waals surface area contributed by atoms with Crippen molar-refractivity contribution < 1.29 is 8.42 Å². The van der Waals surface area contributed by atoms with E-state index in [1.165, 1.54) is 5.56 Å². The molecule has 0 saturated heterocycles. The Kier molecular flexibility index (Phi) is 6.36. The molecule has 4 rings (SSSR count). The van der Waals surface area contributed by atoms with Crippen LogP contribution in [0.25, 0.3) is 10.2 Å². The second-order valence-corrected chi connectivity index (χ2v) is 10.3. The molecule has 0 spiro atoms. The number of rotatable bonds is 8. The van der Waals surface area contributed by atoms with E-state index in [2.05, 4.69) is 4.72 Å². The van der Waals surface area contributed by atoms with Crippen LogP contribution in [0.15, 0.2) is 88.6 Å². The Morgan fingerprint density at radius 3 is 2.26 bits per heavy atom. The van der Waals surface area contributed by atoms with E-state index in [0.717, 1.165) is 28.8 Å². The molecule has 0 amide bonds. The number of aryl methyl sites for hydroxylation is 1. The molecule has 0 fully saturated rings. The number of sulfonamides is 1. The first-order valence-electron chi connectivity index (χ1n) is 10.2. The van der Waals surface area contributed by atoms with Gasteiger partial charge < -0.3 is 0 Å². The number of nitrogens with one attached hydrogen (secondary N) is 1. The Bertz CT molecular complexity index is 1330. The minimum atomic E-state index is -3.67. The molecule has 0 aliphatic heterocycles. The highest BCUT2D eigenvalue weighted by Crippen LogP contribution is 2.23. The zero-order chi connectivity index (χ0) is 21.8. The van der Waals surface area contributed by atoms with Crippen LogP contribution in [0.1, 0.15) is 24.5 Å². The predicted octanol–water partition coefficient (Wildman–Crippen LogP) is 4.41. The van der Waals surface area contributed by atoms with Gasteiger partial charge in [0.15, 0.2) is 0 Å². The molecule has 31 heavy (non-hydrogen) atoms. The third-order valence-corrected chi connectivity index (χ3v) is 7.73. The van der Waals surface area contributed by atoms with Gasteiger partial charge in [-0.05, 0) is 49.1 Å². The summed E-state index contributed by atoms with van der Waals surface area (Å²) >= 11 is 1.07. The molecule has 7 heteroatoms. The Labute approximate surface area is 186 Å². The molecular weight excluding hydrogens is 428 g/mol. The minimum absolute atomic E-state index is 0.0995. The van der Waals surface area contributed by atoms with E-state index in [4.69, 9.17) is 0 Å². The van der Waals surface area contributed by atoms with Gasteiger partial charge in [-0.15, -0.1) is 0 Å². The van der Waals surface area contributed by atoms with Crippen molar-refractivity contribution in [1.29, 1.82) is 0 Å².